The van der Waals surface area contributed by atoms with Crippen LogP contribution in [0.3, 0.4) is 0 Å². The van der Waals surface area contributed by atoms with Gasteiger partial charge >= 0.3 is 0 Å². The Kier molecular flexibility index (Phi) is 9.36. The van der Waals surface area contributed by atoms with E-state index in [9.17, 15) is 8.42 Å². The van der Waals surface area contributed by atoms with Gasteiger partial charge in [0.1, 0.15) is 0 Å². The molecule has 0 amide bonds. The lowest BCUT2D eigenvalue weighted by Gasteiger charge is -2.12. The molecule has 1 unspecified atom stereocenters. The number of sulfone groups is 1. The molecular weight excluding hydrogens is 300 g/mol. The summed E-state index contributed by atoms with van der Waals surface area (Å²) in [5.41, 5.74) is 0. The average molecular weight is 328 g/mol. The van der Waals surface area contributed by atoms with Crippen LogP contribution in [-0.4, -0.2) is 40.6 Å². The van der Waals surface area contributed by atoms with E-state index in [4.69, 9.17) is 9.47 Å². The van der Waals surface area contributed by atoms with Crippen LogP contribution in [0.1, 0.15) is 33.1 Å². The minimum Gasteiger partial charge on any atom is -0.379 e. The van der Waals surface area contributed by atoms with Gasteiger partial charge < -0.3 is 9.47 Å². The third-order valence-corrected chi connectivity index (χ3v) is 5.37. The molecule has 22 heavy (non-hydrogen) atoms. The summed E-state index contributed by atoms with van der Waals surface area (Å²) >= 11 is 0. The van der Waals surface area contributed by atoms with Gasteiger partial charge in [-0.05, 0) is 30.9 Å². The van der Waals surface area contributed by atoms with E-state index in [-0.39, 0.29) is 11.7 Å². The Morgan fingerprint density at radius 1 is 1.00 bits per heavy atom. The molecule has 126 valence electrons. The van der Waals surface area contributed by atoms with E-state index in [1.165, 1.54) is 0 Å². The first-order valence-electron chi connectivity index (χ1n) is 7.99. The summed E-state index contributed by atoms with van der Waals surface area (Å²) in [6.07, 6.45) is 2.95. The lowest BCUT2D eigenvalue weighted by molar-refractivity contribution is 0.0431. The largest absolute Gasteiger partial charge is 0.379 e. The number of benzene rings is 1. The van der Waals surface area contributed by atoms with E-state index >= 15 is 0 Å². The molecule has 0 saturated carbocycles. The summed E-state index contributed by atoms with van der Waals surface area (Å²) in [6, 6.07) is 8.61. The topological polar surface area (TPSA) is 52.6 Å². The number of rotatable bonds is 12. The molecule has 0 aromatic heterocycles. The van der Waals surface area contributed by atoms with Crippen molar-refractivity contribution in [2.45, 2.75) is 38.0 Å². The van der Waals surface area contributed by atoms with E-state index < -0.39 is 9.84 Å². The molecular formula is C17H28O4S. The van der Waals surface area contributed by atoms with Crippen molar-refractivity contribution >= 4 is 9.84 Å². The van der Waals surface area contributed by atoms with E-state index in [1.807, 2.05) is 13.0 Å². The standard InChI is InChI=1S/C17H28O4S/c1-3-4-11-20-13-14-21-12-10-16(2)15-22(18,19)17-8-6-5-7-9-17/h5-9,16H,3-4,10-15H2,1-2H3. The molecule has 0 spiro atoms. The fourth-order valence-corrected chi connectivity index (χ4v) is 3.71. The molecule has 0 aliphatic heterocycles. The molecule has 0 N–H and O–H groups in total. The second-order valence-corrected chi connectivity index (χ2v) is 7.60. The van der Waals surface area contributed by atoms with Crippen molar-refractivity contribution < 1.29 is 17.9 Å². The molecule has 0 bridgehead atoms. The lowest BCUT2D eigenvalue weighted by atomic mass is 10.1. The van der Waals surface area contributed by atoms with Crippen molar-refractivity contribution in [3.8, 4) is 0 Å². The van der Waals surface area contributed by atoms with Gasteiger partial charge in [0.25, 0.3) is 0 Å². The van der Waals surface area contributed by atoms with Crippen LogP contribution in [0.4, 0.5) is 0 Å². The zero-order chi connectivity index (χ0) is 16.3. The Bertz CT molecular complexity index is 485. The molecule has 1 atom stereocenters. The van der Waals surface area contributed by atoms with Crippen molar-refractivity contribution in [2.24, 2.45) is 5.92 Å². The molecule has 0 radical (unpaired) electrons. The van der Waals surface area contributed by atoms with Crippen LogP contribution < -0.4 is 0 Å². The minimum atomic E-state index is -3.20. The average Bonchev–Trinajstić information content (AvgIpc) is 2.50. The van der Waals surface area contributed by atoms with Gasteiger partial charge in [-0.2, -0.15) is 0 Å². The number of hydrogen-bond donors (Lipinski definition) is 0. The SMILES string of the molecule is CCCCOCCOCCC(C)CS(=O)(=O)c1ccccc1. The second-order valence-electron chi connectivity index (χ2n) is 5.57. The van der Waals surface area contributed by atoms with Crippen LogP contribution in [0.15, 0.2) is 35.2 Å². The van der Waals surface area contributed by atoms with Crippen molar-refractivity contribution in [3.63, 3.8) is 0 Å². The van der Waals surface area contributed by atoms with Crippen molar-refractivity contribution in [1.82, 2.24) is 0 Å². The Hall–Kier alpha value is -0.910. The maximum atomic E-state index is 12.2. The fraction of sp³-hybridized carbons (Fsp3) is 0.647. The Labute approximate surface area is 134 Å². The first kappa shape index (κ1) is 19.1. The van der Waals surface area contributed by atoms with E-state index in [2.05, 4.69) is 6.92 Å². The quantitative estimate of drug-likeness (QED) is 0.552. The third-order valence-electron chi connectivity index (χ3n) is 3.38. The van der Waals surface area contributed by atoms with Crippen molar-refractivity contribution in [3.05, 3.63) is 30.3 Å². The highest BCUT2D eigenvalue weighted by Gasteiger charge is 2.17. The summed E-state index contributed by atoms with van der Waals surface area (Å²) in [7, 11) is -3.20. The lowest BCUT2D eigenvalue weighted by Crippen LogP contribution is -2.16. The summed E-state index contributed by atoms with van der Waals surface area (Å²) in [5, 5.41) is 0. The van der Waals surface area contributed by atoms with Crippen LogP contribution in [-0.2, 0) is 19.3 Å². The first-order chi connectivity index (χ1) is 10.6. The predicted molar refractivity (Wildman–Crippen MR) is 88.8 cm³/mol. The van der Waals surface area contributed by atoms with E-state index in [1.54, 1.807) is 24.3 Å². The van der Waals surface area contributed by atoms with Gasteiger partial charge in [-0.3, -0.25) is 0 Å². The molecule has 0 heterocycles. The molecule has 0 saturated heterocycles. The van der Waals surface area contributed by atoms with Crippen LogP contribution >= 0.6 is 0 Å². The van der Waals surface area contributed by atoms with Gasteiger partial charge in [-0.1, -0.05) is 38.5 Å². The van der Waals surface area contributed by atoms with Crippen LogP contribution in [0, 0.1) is 5.92 Å². The highest BCUT2D eigenvalue weighted by Crippen LogP contribution is 2.15. The molecule has 0 aliphatic rings. The van der Waals surface area contributed by atoms with Crippen LogP contribution in [0.2, 0.25) is 0 Å². The molecule has 1 aromatic rings. The normalized spacial score (nSPS) is 13.2. The van der Waals surface area contributed by atoms with Gasteiger partial charge in [-0.15, -0.1) is 0 Å². The predicted octanol–water partition coefficient (Wildman–Crippen LogP) is 3.32. The zero-order valence-corrected chi connectivity index (χ0v) is 14.5. The minimum absolute atomic E-state index is 0.0752. The van der Waals surface area contributed by atoms with Gasteiger partial charge in [0.2, 0.25) is 0 Å². The van der Waals surface area contributed by atoms with Gasteiger partial charge in [-0.25, -0.2) is 8.42 Å². The highest BCUT2D eigenvalue weighted by molar-refractivity contribution is 7.91. The molecule has 1 rings (SSSR count). The molecule has 4 nitrogen and oxygen atoms in total. The summed E-state index contributed by atoms with van der Waals surface area (Å²) in [6.45, 7) is 6.61. The number of ether oxygens (including phenoxy) is 2. The molecule has 0 aliphatic carbocycles. The highest BCUT2D eigenvalue weighted by atomic mass is 32.2. The van der Waals surface area contributed by atoms with Crippen molar-refractivity contribution in [1.29, 1.82) is 0 Å². The summed E-state index contributed by atoms with van der Waals surface area (Å²) in [5.74, 6) is 0.235. The maximum absolute atomic E-state index is 12.2. The smallest absolute Gasteiger partial charge is 0.178 e. The maximum Gasteiger partial charge on any atom is 0.178 e. The fourth-order valence-electron chi connectivity index (χ4n) is 2.03. The van der Waals surface area contributed by atoms with E-state index in [0.29, 0.717) is 24.7 Å². The zero-order valence-electron chi connectivity index (χ0n) is 13.7. The van der Waals surface area contributed by atoms with E-state index in [0.717, 1.165) is 25.9 Å². The molecule has 1 aromatic carbocycles. The Morgan fingerprint density at radius 2 is 1.64 bits per heavy atom. The Morgan fingerprint density at radius 3 is 2.27 bits per heavy atom. The first-order valence-corrected chi connectivity index (χ1v) is 9.64. The third kappa shape index (κ3) is 7.92. The number of hydrogen-bond acceptors (Lipinski definition) is 4. The summed E-state index contributed by atoms with van der Waals surface area (Å²) in [4.78, 5) is 0.395. The van der Waals surface area contributed by atoms with Crippen LogP contribution in [0.25, 0.3) is 0 Å². The second kappa shape index (κ2) is 10.8. The van der Waals surface area contributed by atoms with Gasteiger partial charge in [0.05, 0.1) is 23.9 Å². The molecule has 0 fully saturated rings. The summed E-state index contributed by atoms with van der Waals surface area (Å²) < 4.78 is 35.3. The monoisotopic (exact) mass is 328 g/mol. The Balaban J connectivity index is 2.17. The molecule has 5 heteroatoms. The van der Waals surface area contributed by atoms with Gasteiger partial charge in [0.15, 0.2) is 9.84 Å². The number of unbranched alkanes of at least 4 members (excludes halogenated alkanes) is 1. The van der Waals surface area contributed by atoms with Crippen molar-refractivity contribution in [2.75, 3.05) is 32.2 Å². The van der Waals surface area contributed by atoms with Crippen LogP contribution in [0.5, 0.6) is 0 Å². The van der Waals surface area contributed by atoms with Gasteiger partial charge in [0, 0.05) is 13.2 Å².